The zero-order valence-electron chi connectivity index (χ0n) is 12.5. The second-order valence-corrected chi connectivity index (χ2v) is 5.32. The van der Waals surface area contributed by atoms with E-state index in [1.54, 1.807) is 25.4 Å². The number of guanidine groups is 1. The summed E-state index contributed by atoms with van der Waals surface area (Å²) in [6.07, 6.45) is 4.80. The van der Waals surface area contributed by atoms with Crippen LogP contribution in [0.4, 0.5) is 4.39 Å². The molecule has 1 aliphatic rings. The quantitative estimate of drug-likeness (QED) is 0.657. The Balaban J connectivity index is 1.52. The molecule has 0 bridgehead atoms. The van der Waals surface area contributed by atoms with Gasteiger partial charge in [0.25, 0.3) is 0 Å². The maximum absolute atomic E-state index is 12.9. The summed E-state index contributed by atoms with van der Waals surface area (Å²) < 4.78 is 18.3. The molecule has 0 atom stereocenters. The van der Waals surface area contributed by atoms with Gasteiger partial charge in [0.05, 0.1) is 5.69 Å². The van der Waals surface area contributed by atoms with Crippen LogP contribution in [0.2, 0.25) is 0 Å². The summed E-state index contributed by atoms with van der Waals surface area (Å²) in [5.74, 6) is 1.06. The molecule has 3 rings (SSSR count). The van der Waals surface area contributed by atoms with Crippen LogP contribution in [0.3, 0.4) is 0 Å². The largest absolute Gasteiger partial charge is 0.444 e. The molecular weight excluding hydrogens is 283 g/mol. The zero-order chi connectivity index (χ0) is 15.4. The Morgan fingerprint density at radius 1 is 1.36 bits per heavy atom. The fourth-order valence-electron chi connectivity index (χ4n) is 2.07. The summed E-state index contributed by atoms with van der Waals surface area (Å²) >= 11 is 0. The maximum atomic E-state index is 12.9. The number of halogens is 1. The number of nitrogens with one attached hydrogen (secondary N) is 2. The Hall–Kier alpha value is -2.37. The SMILES string of the molecule is CN=C(NCCc1coc(-c2ccc(F)cc2)n1)NC1CC1. The number of rotatable bonds is 5. The van der Waals surface area contributed by atoms with E-state index < -0.39 is 0 Å². The predicted molar refractivity (Wildman–Crippen MR) is 83.1 cm³/mol. The molecule has 2 aromatic rings. The van der Waals surface area contributed by atoms with Crippen LogP contribution in [0, 0.1) is 5.82 Å². The number of benzene rings is 1. The summed E-state index contributed by atoms with van der Waals surface area (Å²) in [4.78, 5) is 8.59. The van der Waals surface area contributed by atoms with Gasteiger partial charge in [0, 0.05) is 31.6 Å². The minimum atomic E-state index is -0.269. The van der Waals surface area contributed by atoms with Gasteiger partial charge in [-0.05, 0) is 37.1 Å². The highest BCUT2D eigenvalue weighted by molar-refractivity contribution is 5.80. The van der Waals surface area contributed by atoms with Gasteiger partial charge in [0.2, 0.25) is 5.89 Å². The van der Waals surface area contributed by atoms with Crippen molar-refractivity contribution >= 4 is 5.96 Å². The summed E-state index contributed by atoms with van der Waals surface area (Å²) in [6, 6.07) is 6.68. The third kappa shape index (κ3) is 3.84. The Bertz CT molecular complexity index is 646. The van der Waals surface area contributed by atoms with Crippen molar-refractivity contribution in [2.45, 2.75) is 25.3 Å². The summed E-state index contributed by atoms with van der Waals surface area (Å²) in [6.45, 7) is 0.724. The lowest BCUT2D eigenvalue weighted by Gasteiger charge is -2.09. The van der Waals surface area contributed by atoms with Crippen LogP contribution in [0.5, 0.6) is 0 Å². The van der Waals surface area contributed by atoms with Gasteiger partial charge in [0.1, 0.15) is 12.1 Å². The first-order valence-electron chi connectivity index (χ1n) is 7.42. The monoisotopic (exact) mass is 302 g/mol. The van der Waals surface area contributed by atoms with Crippen molar-refractivity contribution in [2.24, 2.45) is 4.99 Å². The van der Waals surface area contributed by atoms with Crippen molar-refractivity contribution in [1.29, 1.82) is 0 Å². The second kappa shape index (κ2) is 6.60. The van der Waals surface area contributed by atoms with E-state index >= 15 is 0 Å². The Labute approximate surface area is 128 Å². The molecule has 1 heterocycles. The molecule has 0 radical (unpaired) electrons. The average Bonchev–Trinajstić information content (AvgIpc) is 3.23. The van der Waals surface area contributed by atoms with Gasteiger partial charge < -0.3 is 15.1 Å². The van der Waals surface area contributed by atoms with E-state index in [-0.39, 0.29) is 5.82 Å². The smallest absolute Gasteiger partial charge is 0.226 e. The first kappa shape index (κ1) is 14.6. The minimum absolute atomic E-state index is 0.269. The van der Waals surface area contributed by atoms with Crippen molar-refractivity contribution in [2.75, 3.05) is 13.6 Å². The maximum Gasteiger partial charge on any atom is 0.226 e. The van der Waals surface area contributed by atoms with Gasteiger partial charge in [-0.25, -0.2) is 9.37 Å². The van der Waals surface area contributed by atoms with Crippen LogP contribution in [0.25, 0.3) is 11.5 Å². The molecule has 0 saturated heterocycles. The highest BCUT2D eigenvalue weighted by Crippen LogP contribution is 2.19. The Morgan fingerprint density at radius 3 is 2.82 bits per heavy atom. The lowest BCUT2D eigenvalue weighted by atomic mass is 10.2. The van der Waals surface area contributed by atoms with Crippen molar-refractivity contribution in [3.05, 3.63) is 42.0 Å². The van der Waals surface area contributed by atoms with E-state index in [1.165, 1.54) is 25.0 Å². The van der Waals surface area contributed by atoms with E-state index in [2.05, 4.69) is 20.6 Å². The number of hydrogen-bond donors (Lipinski definition) is 2. The number of hydrogen-bond acceptors (Lipinski definition) is 3. The summed E-state index contributed by atoms with van der Waals surface area (Å²) in [5, 5.41) is 6.58. The molecule has 22 heavy (non-hydrogen) atoms. The third-order valence-corrected chi connectivity index (χ3v) is 3.46. The fourth-order valence-corrected chi connectivity index (χ4v) is 2.07. The second-order valence-electron chi connectivity index (χ2n) is 5.32. The van der Waals surface area contributed by atoms with Crippen molar-refractivity contribution in [1.82, 2.24) is 15.6 Å². The Kier molecular flexibility index (Phi) is 4.37. The van der Waals surface area contributed by atoms with Gasteiger partial charge in [-0.1, -0.05) is 0 Å². The predicted octanol–water partition coefficient (Wildman–Crippen LogP) is 2.35. The first-order valence-corrected chi connectivity index (χ1v) is 7.42. The Morgan fingerprint density at radius 2 is 2.14 bits per heavy atom. The van der Waals surface area contributed by atoms with Gasteiger partial charge in [-0.3, -0.25) is 4.99 Å². The number of oxazole rings is 1. The highest BCUT2D eigenvalue weighted by Gasteiger charge is 2.21. The topological polar surface area (TPSA) is 62.5 Å². The lowest BCUT2D eigenvalue weighted by molar-refractivity contribution is 0.571. The zero-order valence-corrected chi connectivity index (χ0v) is 12.5. The highest BCUT2D eigenvalue weighted by atomic mass is 19.1. The molecule has 0 aliphatic heterocycles. The molecule has 5 nitrogen and oxygen atoms in total. The molecule has 1 aromatic heterocycles. The number of aliphatic imine (C=N–C) groups is 1. The van der Waals surface area contributed by atoms with E-state index in [9.17, 15) is 4.39 Å². The van der Waals surface area contributed by atoms with Crippen molar-refractivity contribution in [3.8, 4) is 11.5 Å². The van der Waals surface area contributed by atoms with Crippen molar-refractivity contribution < 1.29 is 8.81 Å². The summed E-state index contributed by atoms with van der Waals surface area (Å²) in [5.41, 5.74) is 1.63. The molecule has 0 amide bonds. The van der Waals surface area contributed by atoms with Crippen LogP contribution in [0.15, 0.2) is 39.9 Å². The first-order chi connectivity index (χ1) is 10.7. The van der Waals surface area contributed by atoms with Crippen LogP contribution in [-0.2, 0) is 6.42 Å². The minimum Gasteiger partial charge on any atom is -0.444 e. The standard InChI is InChI=1S/C16H19FN4O/c1-18-16(21-13-6-7-13)19-9-8-14-10-22-15(20-14)11-2-4-12(17)5-3-11/h2-5,10,13H,6-9H2,1H3,(H2,18,19,21). The van der Waals surface area contributed by atoms with E-state index in [0.717, 1.165) is 30.2 Å². The van der Waals surface area contributed by atoms with Gasteiger partial charge in [0.15, 0.2) is 5.96 Å². The summed E-state index contributed by atoms with van der Waals surface area (Å²) in [7, 11) is 1.76. The molecule has 2 N–H and O–H groups in total. The number of nitrogens with zero attached hydrogens (tertiary/aromatic N) is 2. The van der Waals surface area contributed by atoms with Crippen LogP contribution < -0.4 is 10.6 Å². The lowest BCUT2D eigenvalue weighted by Crippen LogP contribution is -2.39. The molecule has 6 heteroatoms. The molecule has 1 aliphatic carbocycles. The molecule has 0 spiro atoms. The fraction of sp³-hybridized carbons (Fsp3) is 0.375. The van der Waals surface area contributed by atoms with Crippen LogP contribution in [-0.4, -0.2) is 30.6 Å². The van der Waals surface area contributed by atoms with Gasteiger partial charge >= 0.3 is 0 Å². The van der Waals surface area contributed by atoms with Crippen molar-refractivity contribution in [3.63, 3.8) is 0 Å². The molecule has 0 unspecified atom stereocenters. The third-order valence-electron chi connectivity index (χ3n) is 3.46. The number of aromatic nitrogens is 1. The average molecular weight is 302 g/mol. The van der Waals surface area contributed by atoms with E-state index in [0.29, 0.717) is 11.9 Å². The molecular formula is C16H19FN4O. The van der Waals surface area contributed by atoms with E-state index in [1.807, 2.05) is 0 Å². The van der Waals surface area contributed by atoms with Crippen LogP contribution >= 0.6 is 0 Å². The molecule has 1 aromatic carbocycles. The van der Waals surface area contributed by atoms with Crippen LogP contribution in [0.1, 0.15) is 18.5 Å². The molecule has 1 fully saturated rings. The molecule has 1 saturated carbocycles. The van der Waals surface area contributed by atoms with Gasteiger partial charge in [-0.2, -0.15) is 0 Å². The van der Waals surface area contributed by atoms with E-state index in [4.69, 9.17) is 4.42 Å². The normalized spacial score (nSPS) is 14.9. The van der Waals surface area contributed by atoms with Gasteiger partial charge in [-0.15, -0.1) is 0 Å². The molecule has 116 valence electrons.